The molecule has 1 saturated heterocycles. The van der Waals surface area contributed by atoms with Crippen LogP contribution < -0.4 is 0 Å². The van der Waals surface area contributed by atoms with E-state index in [1.54, 1.807) is 0 Å². The number of aliphatic hydroxyl groups excluding tert-OH is 3. The summed E-state index contributed by atoms with van der Waals surface area (Å²) in [4.78, 5) is 0. The summed E-state index contributed by atoms with van der Waals surface area (Å²) >= 11 is 0. The highest BCUT2D eigenvalue weighted by Gasteiger charge is 2.53. The monoisotopic (exact) mass is 349 g/mol. The molecule has 0 aromatic carbocycles. The molecule has 0 saturated carbocycles. The summed E-state index contributed by atoms with van der Waals surface area (Å²) in [7, 11) is 0. The first kappa shape index (κ1) is 20.1. The summed E-state index contributed by atoms with van der Waals surface area (Å²) in [5, 5.41) is 49.6. The minimum Gasteiger partial charge on any atom is -0.394 e. The van der Waals surface area contributed by atoms with Crippen molar-refractivity contribution in [2.45, 2.75) is 108 Å². The zero-order valence-electron chi connectivity index (χ0n) is 15.9. The van der Waals surface area contributed by atoms with Crippen LogP contribution in [0.2, 0.25) is 0 Å². The van der Waals surface area contributed by atoms with Gasteiger partial charge in [-0.2, -0.15) is 0 Å². The van der Waals surface area contributed by atoms with E-state index in [1.165, 1.54) is 38.5 Å². The lowest BCUT2D eigenvalue weighted by molar-refractivity contribution is -0.331. The van der Waals surface area contributed by atoms with Crippen molar-refractivity contribution in [3.05, 3.63) is 0 Å². The molecule has 0 spiro atoms. The highest BCUT2D eigenvalue weighted by atomic mass is 16.6. The Bertz CT molecular complexity index is 367. The first-order chi connectivity index (χ1) is 11.8. The molecule has 0 aliphatic carbocycles. The molecule has 5 atom stereocenters. The van der Waals surface area contributed by atoms with E-state index in [0.29, 0.717) is 6.42 Å². The van der Waals surface area contributed by atoms with Gasteiger partial charge in [-0.15, -0.1) is 0 Å². The van der Waals surface area contributed by atoms with Gasteiger partial charge in [0.1, 0.15) is 23.9 Å². The third-order valence-corrected chi connectivity index (χ3v) is 4.92. The van der Waals surface area contributed by atoms with Crippen LogP contribution in [0.1, 0.15) is 78.9 Å². The number of rotatable bonds is 12. The molecular weight excluding hydrogens is 312 g/mol. The summed E-state index contributed by atoms with van der Waals surface area (Å²) in [6.45, 7) is 1.54. The average molecular weight is 349 g/mol. The lowest BCUT2D eigenvalue weighted by Crippen LogP contribution is -2.66. The molecule has 5 N–H and O–H groups in total. The first-order valence-electron chi connectivity index (χ1n) is 9.89. The number of aliphatic hydroxyl groups is 5. The van der Waals surface area contributed by atoms with Crippen molar-refractivity contribution < 1.29 is 31.6 Å². The summed E-state index contributed by atoms with van der Waals surface area (Å²) < 4.78 is 12.6. The fourth-order valence-corrected chi connectivity index (χ4v) is 3.21. The summed E-state index contributed by atoms with van der Waals surface area (Å²) in [6, 6.07) is 0. The molecule has 1 unspecified atom stereocenters. The van der Waals surface area contributed by atoms with Crippen LogP contribution in [-0.4, -0.2) is 62.3 Å². The molecular formula is C18H36O6. The van der Waals surface area contributed by atoms with Gasteiger partial charge in [-0.25, -0.2) is 0 Å². The second-order valence-electron chi connectivity index (χ2n) is 6.94. The maximum atomic E-state index is 10.5. The van der Waals surface area contributed by atoms with E-state index in [4.69, 9.17) is 11.2 Å². The van der Waals surface area contributed by atoms with Crippen LogP contribution in [0.4, 0.5) is 0 Å². The molecule has 1 heterocycles. The van der Waals surface area contributed by atoms with E-state index in [0.717, 1.165) is 19.3 Å². The Morgan fingerprint density at radius 2 is 1.42 bits per heavy atom. The minimum absolute atomic E-state index is 0.0557. The molecule has 0 amide bonds. The Morgan fingerprint density at radius 3 is 1.92 bits per heavy atom. The van der Waals surface area contributed by atoms with E-state index < -0.39 is 36.8 Å². The Morgan fingerprint density at radius 1 is 0.917 bits per heavy atom. The summed E-state index contributed by atoms with van der Waals surface area (Å²) in [5.41, 5.74) is -2.28. The van der Waals surface area contributed by atoms with Crippen molar-refractivity contribution in [2.75, 3.05) is 6.61 Å². The van der Waals surface area contributed by atoms with Crippen molar-refractivity contribution in [3.8, 4) is 0 Å². The molecule has 0 bridgehead atoms. The van der Waals surface area contributed by atoms with E-state index >= 15 is 0 Å². The fourth-order valence-electron chi connectivity index (χ4n) is 3.21. The number of unbranched alkanes of at least 4 members (excludes halogenated alkanes) is 9. The van der Waals surface area contributed by atoms with Crippen molar-refractivity contribution in [3.63, 3.8) is 0 Å². The van der Waals surface area contributed by atoms with Gasteiger partial charge in [-0.3, -0.25) is 0 Å². The van der Waals surface area contributed by atoms with Gasteiger partial charge < -0.3 is 30.3 Å². The smallest absolute Gasteiger partial charge is 0.186 e. The second kappa shape index (κ2) is 11.4. The van der Waals surface area contributed by atoms with Gasteiger partial charge in [0.2, 0.25) is 0 Å². The third kappa shape index (κ3) is 6.24. The summed E-state index contributed by atoms with van der Waals surface area (Å²) in [6.07, 6.45) is 3.49. The van der Waals surface area contributed by atoms with Crippen LogP contribution in [-0.2, 0) is 4.74 Å². The highest BCUT2D eigenvalue weighted by molar-refractivity contribution is 4.99. The third-order valence-electron chi connectivity index (χ3n) is 4.92. The minimum atomic E-state index is -2.77. The lowest BCUT2D eigenvalue weighted by atomic mass is 9.82. The standard InChI is InChI=1S/C18H36O6/c1-2-3-4-5-6-7-8-9-10-11-12-18(23)16(21)15(20)14(13-19)24-17(18)22/h14-17,19-23H,2-13H2,1H3/t14-,15-,16+,17?,18-/m1/s1/i17D. The van der Waals surface area contributed by atoms with Gasteiger partial charge in [0.05, 0.1) is 7.98 Å². The molecule has 0 aromatic heterocycles. The Kier molecular flexibility index (Phi) is 9.53. The second-order valence-corrected chi connectivity index (χ2v) is 6.94. The molecule has 1 aliphatic heterocycles. The largest absolute Gasteiger partial charge is 0.394 e. The van der Waals surface area contributed by atoms with Gasteiger partial charge >= 0.3 is 0 Å². The summed E-state index contributed by atoms with van der Waals surface area (Å²) in [5.74, 6) is 0. The van der Waals surface area contributed by atoms with Crippen LogP contribution in [0.5, 0.6) is 0 Å². The van der Waals surface area contributed by atoms with Gasteiger partial charge in [0.15, 0.2) is 6.27 Å². The van der Waals surface area contributed by atoms with E-state index in [9.17, 15) is 20.4 Å². The van der Waals surface area contributed by atoms with E-state index in [2.05, 4.69) is 6.92 Å². The van der Waals surface area contributed by atoms with Crippen LogP contribution in [0.15, 0.2) is 0 Å². The zero-order chi connectivity index (χ0) is 18.9. The van der Waals surface area contributed by atoms with Crippen molar-refractivity contribution in [1.82, 2.24) is 0 Å². The molecule has 0 aromatic rings. The molecule has 24 heavy (non-hydrogen) atoms. The Balaban J connectivity index is 2.30. The van der Waals surface area contributed by atoms with Crippen molar-refractivity contribution in [1.29, 1.82) is 0 Å². The van der Waals surface area contributed by atoms with E-state index in [-0.39, 0.29) is 6.42 Å². The van der Waals surface area contributed by atoms with Gasteiger partial charge in [0.25, 0.3) is 0 Å². The van der Waals surface area contributed by atoms with Crippen molar-refractivity contribution >= 4 is 0 Å². The average Bonchev–Trinajstić information content (AvgIpc) is 2.58. The topological polar surface area (TPSA) is 110 Å². The molecule has 6 heteroatoms. The predicted octanol–water partition coefficient (Wildman–Crippen LogP) is 1.46. The molecule has 1 rings (SSSR count). The predicted molar refractivity (Wildman–Crippen MR) is 91.4 cm³/mol. The quantitative estimate of drug-likeness (QED) is 0.341. The SMILES string of the molecule is [2H]C1(O)O[C@H](CO)[C@@H](O)[C@H](O)[C@]1(O)CCCCCCCCCCCC. The molecule has 0 radical (unpaired) electrons. The van der Waals surface area contributed by atoms with Gasteiger partial charge in [0, 0.05) is 0 Å². The van der Waals surface area contributed by atoms with E-state index in [1.807, 2.05) is 0 Å². The van der Waals surface area contributed by atoms with Gasteiger partial charge in [-0.1, -0.05) is 71.1 Å². The lowest BCUT2D eigenvalue weighted by Gasteiger charge is -2.46. The Labute approximate surface area is 146 Å². The normalized spacial score (nSPS) is 37.4. The number of hydrogen-bond donors (Lipinski definition) is 5. The molecule has 1 aliphatic rings. The first-order valence-corrected chi connectivity index (χ1v) is 9.39. The Hall–Kier alpha value is -0.240. The van der Waals surface area contributed by atoms with Gasteiger partial charge in [-0.05, 0) is 6.42 Å². The van der Waals surface area contributed by atoms with Crippen molar-refractivity contribution in [2.24, 2.45) is 0 Å². The van der Waals surface area contributed by atoms with Crippen LogP contribution in [0.25, 0.3) is 0 Å². The molecule has 1 fully saturated rings. The molecule has 6 nitrogen and oxygen atoms in total. The molecule has 144 valence electrons. The number of ether oxygens (including phenoxy) is 1. The highest BCUT2D eigenvalue weighted by Crippen LogP contribution is 2.33. The maximum absolute atomic E-state index is 10.5. The van der Waals surface area contributed by atoms with Crippen LogP contribution in [0, 0.1) is 0 Å². The number of hydrogen-bond acceptors (Lipinski definition) is 6. The maximum Gasteiger partial charge on any atom is 0.186 e. The van der Waals surface area contributed by atoms with Crippen LogP contribution in [0.3, 0.4) is 0 Å². The van der Waals surface area contributed by atoms with Crippen LogP contribution >= 0.6 is 0 Å². The fraction of sp³-hybridized carbons (Fsp3) is 1.00. The zero-order valence-corrected chi connectivity index (χ0v) is 14.9.